The minimum Gasteiger partial charge on any atom is -0.345 e. The fourth-order valence-electron chi connectivity index (χ4n) is 2.07. The molecule has 0 radical (unpaired) electrons. The van der Waals surface area contributed by atoms with Crippen LogP contribution in [-0.4, -0.2) is 14.3 Å². The summed E-state index contributed by atoms with van der Waals surface area (Å²) in [6, 6.07) is 5.78. The zero-order valence-corrected chi connectivity index (χ0v) is 14.0. The van der Waals surface area contributed by atoms with Gasteiger partial charge in [0.25, 0.3) is 5.91 Å². The van der Waals surface area contributed by atoms with E-state index in [1.165, 1.54) is 25.1 Å². The Hall–Kier alpha value is -2.03. The van der Waals surface area contributed by atoms with Crippen LogP contribution >= 0.6 is 11.6 Å². The van der Waals surface area contributed by atoms with Crippen molar-refractivity contribution in [2.24, 2.45) is 5.14 Å². The molecule has 24 heavy (non-hydrogen) atoms. The van der Waals surface area contributed by atoms with Gasteiger partial charge in [-0.1, -0.05) is 17.7 Å². The lowest BCUT2D eigenvalue weighted by Crippen LogP contribution is -2.27. The number of halogens is 3. The zero-order valence-electron chi connectivity index (χ0n) is 12.4. The molecule has 0 fully saturated rings. The van der Waals surface area contributed by atoms with Crippen LogP contribution in [0.2, 0.25) is 5.02 Å². The number of benzene rings is 2. The molecule has 0 aliphatic rings. The first-order valence-corrected chi connectivity index (χ1v) is 8.60. The predicted octanol–water partition coefficient (Wildman–Crippen LogP) is 2.76. The molecule has 0 aromatic heterocycles. The van der Waals surface area contributed by atoms with Crippen LogP contribution in [0.4, 0.5) is 8.78 Å². The predicted molar refractivity (Wildman–Crippen MR) is 85.1 cm³/mol. The highest BCUT2D eigenvalue weighted by Gasteiger charge is 2.19. The molecule has 1 atom stereocenters. The maximum atomic E-state index is 13.7. The number of hydrogen-bond acceptors (Lipinski definition) is 3. The first-order valence-electron chi connectivity index (χ1n) is 6.67. The Morgan fingerprint density at radius 2 is 1.88 bits per heavy atom. The van der Waals surface area contributed by atoms with Gasteiger partial charge in [0.1, 0.15) is 16.5 Å². The molecule has 0 saturated heterocycles. The molecule has 0 aliphatic heterocycles. The monoisotopic (exact) mass is 374 g/mol. The highest BCUT2D eigenvalue weighted by molar-refractivity contribution is 7.89. The van der Waals surface area contributed by atoms with E-state index in [0.29, 0.717) is 6.07 Å². The molecular weight excluding hydrogens is 362 g/mol. The number of carbonyl (C=O) groups excluding carboxylic acids is 1. The summed E-state index contributed by atoms with van der Waals surface area (Å²) in [5, 5.41) is 7.40. The second kappa shape index (κ2) is 6.84. The fraction of sp³-hybridized carbons (Fsp3) is 0.133. The molecular formula is C15H13ClF2N2O3S. The first kappa shape index (κ1) is 18.3. The Kier molecular flexibility index (Phi) is 5.22. The van der Waals surface area contributed by atoms with Gasteiger partial charge in [0.15, 0.2) is 0 Å². The Bertz CT molecular complexity index is 904. The summed E-state index contributed by atoms with van der Waals surface area (Å²) in [4.78, 5) is 11.8. The summed E-state index contributed by atoms with van der Waals surface area (Å²) in [5.41, 5.74) is 0.0724. The third kappa shape index (κ3) is 4.08. The van der Waals surface area contributed by atoms with Crippen molar-refractivity contribution in [3.63, 3.8) is 0 Å². The Balaban J connectivity index is 2.27. The molecule has 0 bridgehead atoms. The van der Waals surface area contributed by atoms with E-state index in [9.17, 15) is 22.0 Å². The van der Waals surface area contributed by atoms with Crippen molar-refractivity contribution >= 4 is 27.5 Å². The lowest BCUT2D eigenvalue weighted by molar-refractivity contribution is 0.0939. The largest absolute Gasteiger partial charge is 0.345 e. The summed E-state index contributed by atoms with van der Waals surface area (Å²) in [5.74, 6) is -2.19. The number of rotatable bonds is 4. The first-order chi connectivity index (χ1) is 11.1. The van der Waals surface area contributed by atoms with Gasteiger partial charge in [-0.2, -0.15) is 0 Å². The van der Waals surface area contributed by atoms with Gasteiger partial charge in [-0.3, -0.25) is 4.79 Å². The Labute approximate surface area is 142 Å². The molecule has 5 nitrogen and oxygen atoms in total. The maximum absolute atomic E-state index is 13.7. The van der Waals surface area contributed by atoms with Gasteiger partial charge in [0, 0.05) is 17.2 Å². The van der Waals surface area contributed by atoms with Crippen molar-refractivity contribution in [2.45, 2.75) is 17.9 Å². The van der Waals surface area contributed by atoms with Gasteiger partial charge in [-0.05, 0) is 31.2 Å². The SMILES string of the molecule is C[C@@H](NC(=O)c1ccc(Cl)c(S(N)(=O)=O)c1)c1ccc(F)cc1F. The Morgan fingerprint density at radius 1 is 1.21 bits per heavy atom. The molecule has 2 aromatic carbocycles. The highest BCUT2D eigenvalue weighted by Crippen LogP contribution is 2.23. The summed E-state index contributed by atoms with van der Waals surface area (Å²) in [6.07, 6.45) is 0. The van der Waals surface area contributed by atoms with Crippen LogP contribution in [0.25, 0.3) is 0 Å². The van der Waals surface area contributed by atoms with E-state index in [4.69, 9.17) is 16.7 Å². The third-order valence-electron chi connectivity index (χ3n) is 3.28. The number of amides is 1. The number of nitrogens with one attached hydrogen (secondary N) is 1. The molecule has 0 saturated carbocycles. The third-order valence-corrected chi connectivity index (χ3v) is 4.67. The van der Waals surface area contributed by atoms with Crippen molar-refractivity contribution in [2.75, 3.05) is 0 Å². The van der Waals surface area contributed by atoms with Crippen molar-refractivity contribution < 1.29 is 22.0 Å². The molecule has 128 valence electrons. The normalized spacial score (nSPS) is 12.7. The summed E-state index contributed by atoms with van der Waals surface area (Å²) < 4.78 is 49.5. The molecule has 2 rings (SSSR count). The second-order valence-corrected chi connectivity index (χ2v) is 6.99. The van der Waals surface area contributed by atoms with Crippen LogP contribution in [0.15, 0.2) is 41.3 Å². The molecule has 9 heteroatoms. The number of sulfonamides is 1. The van der Waals surface area contributed by atoms with E-state index in [1.807, 2.05) is 0 Å². The van der Waals surface area contributed by atoms with E-state index in [0.717, 1.165) is 12.1 Å². The quantitative estimate of drug-likeness (QED) is 0.862. The number of primary sulfonamides is 1. The summed E-state index contributed by atoms with van der Waals surface area (Å²) >= 11 is 5.75. The van der Waals surface area contributed by atoms with E-state index >= 15 is 0 Å². The smallest absolute Gasteiger partial charge is 0.251 e. The van der Waals surface area contributed by atoms with Gasteiger partial charge < -0.3 is 5.32 Å². The van der Waals surface area contributed by atoms with Crippen LogP contribution in [0, 0.1) is 11.6 Å². The summed E-state index contributed by atoms with van der Waals surface area (Å²) in [6.45, 7) is 1.50. The molecule has 0 heterocycles. The van der Waals surface area contributed by atoms with E-state index in [1.54, 1.807) is 0 Å². The zero-order chi connectivity index (χ0) is 18.1. The molecule has 0 aliphatic carbocycles. The van der Waals surface area contributed by atoms with E-state index in [-0.39, 0.29) is 16.1 Å². The molecule has 0 unspecified atom stereocenters. The van der Waals surface area contributed by atoms with Crippen molar-refractivity contribution in [3.05, 3.63) is 64.2 Å². The van der Waals surface area contributed by atoms with E-state index in [2.05, 4.69) is 5.32 Å². The molecule has 2 aromatic rings. The lowest BCUT2D eigenvalue weighted by Gasteiger charge is -2.15. The van der Waals surface area contributed by atoms with Crippen LogP contribution < -0.4 is 10.5 Å². The van der Waals surface area contributed by atoms with Crippen molar-refractivity contribution in [1.29, 1.82) is 0 Å². The van der Waals surface area contributed by atoms with Crippen LogP contribution in [0.5, 0.6) is 0 Å². The number of hydrogen-bond donors (Lipinski definition) is 2. The van der Waals surface area contributed by atoms with Crippen LogP contribution in [0.1, 0.15) is 28.9 Å². The summed E-state index contributed by atoms with van der Waals surface area (Å²) in [7, 11) is -4.10. The van der Waals surface area contributed by atoms with Crippen molar-refractivity contribution in [1.82, 2.24) is 5.32 Å². The van der Waals surface area contributed by atoms with Gasteiger partial charge in [-0.25, -0.2) is 22.3 Å². The van der Waals surface area contributed by atoms with Gasteiger partial charge in [-0.15, -0.1) is 0 Å². The topological polar surface area (TPSA) is 89.3 Å². The average molecular weight is 375 g/mol. The lowest BCUT2D eigenvalue weighted by atomic mass is 10.1. The fourth-order valence-corrected chi connectivity index (χ4v) is 3.14. The second-order valence-electron chi connectivity index (χ2n) is 5.05. The minimum absolute atomic E-state index is 0.0159. The van der Waals surface area contributed by atoms with Crippen LogP contribution in [-0.2, 0) is 10.0 Å². The number of carbonyl (C=O) groups is 1. The standard InChI is InChI=1S/C15H13ClF2N2O3S/c1-8(11-4-3-10(17)7-13(11)18)20-15(21)9-2-5-12(16)14(6-9)24(19,22)23/h2-8H,1H3,(H,20,21)(H2,19,22,23)/t8-/m1/s1. The molecule has 3 N–H and O–H groups in total. The minimum atomic E-state index is -4.10. The molecule has 1 amide bonds. The van der Waals surface area contributed by atoms with Crippen LogP contribution in [0.3, 0.4) is 0 Å². The maximum Gasteiger partial charge on any atom is 0.251 e. The van der Waals surface area contributed by atoms with Crippen molar-refractivity contribution in [3.8, 4) is 0 Å². The molecule has 0 spiro atoms. The van der Waals surface area contributed by atoms with E-state index < -0.39 is 38.5 Å². The number of nitrogens with two attached hydrogens (primary N) is 1. The van der Waals surface area contributed by atoms with Gasteiger partial charge in [0.2, 0.25) is 10.0 Å². The highest BCUT2D eigenvalue weighted by atomic mass is 35.5. The average Bonchev–Trinajstić information content (AvgIpc) is 2.46. The van der Waals surface area contributed by atoms with Gasteiger partial charge in [0.05, 0.1) is 11.1 Å². The Morgan fingerprint density at radius 3 is 2.46 bits per heavy atom. The van der Waals surface area contributed by atoms with Gasteiger partial charge >= 0.3 is 0 Å².